The largest absolute Gasteiger partial charge is 0.549 e. The third-order valence-electron chi connectivity index (χ3n) is 5.56. The van der Waals surface area contributed by atoms with E-state index in [-0.39, 0.29) is 25.2 Å². The molecule has 2 rings (SSSR count). The first-order valence-corrected chi connectivity index (χ1v) is 11.5. The van der Waals surface area contributed by atoms with Gasteiger partial charge in [-0.05, 0) is 44.0 Å². The summed E-state index contributed by atoms with van der Waals surface area (Å²) in [6.45, 7) is 8.79. The Morgan fingerprint density at radius 2 is 1.69 bits per heavy atom. The van der Waals surface area contributed by atoms with Crippen molar-refractivity contribution in [1.82, 2.24) is 4.90 Å². The average molecular weight is 399 g/mol. The molecule has 5 heteroatoms. The fourth-order valence-electron chi connectivity index (χ4n) is 3.77. The first kappa shape index (κ1) is 23.4. The molecule has 29 heavy (non-hydrogen) atoms. The van der Waals surface area contributed by atoms with E-state index in [2.05, 4.69) is 26.8 Å². The Morgan fingerprint density at radius 3 is 2.28 bits per heavy atom. The van der Waals surface area contributed by atoms with Crippen molar-refractivity contribution in [1.29, 1.82) is 0 Å². The molecule has 1 aromatic rings. The number of cyclic esters (lactones) is 1. The summed E-state index contributed by atoms with van der Waals surface area (Å²) in [5, 5.41) is 0. The normalized spacial score (nSPS) is 19.4. The molecule has 1 aliphatic rings. The zero-order valence-electron chi connectivity index (χ0n) is 18.7. The zero-order chi connectivity index (χ0) is 21.1. The number of hydrogen-bond donors (Lipinski definition) is 0. The second-order valence-electron chi connectivity index (χ2n) is 8.03. The summed E-state index contributed by atoms with van der Waals surface area (Å²) in [6.07, 6.45) is 11.3. The van der Waals surface area contributed by atoms with E-state index in [4.69, 9.17) is 9.39 Å². The van der Waals surface area contributed by atoms with Crippen LogP contribution in [0.1, 0.15) is 84.3 Å². The molecule has 0 aliphatic carbocycles. The number of ether oxygens (including phenoxy) is 1. The minimum absolute atomic E-state index is 0.101. The van der Waals surface area contributed by atoms with Gasteiger partial charge in [-0.25, -0.2) is 9.69 Å². The zero-order valence-corrected chi connectivity index (χ0v) is 18.7. The van der Waals surface area contributed by atoms with E-state index in [9.17, 15) is 4.79 Å². The van der Waals surface area contributed by atoms with Crippen LogP contribution in [-0.4, -0.2) is 24.0 Å². The number of carbonyl (C=O) groups excluding carboxylic acids is 1. The first-order chi connectivity index (χ1) is 14.1. The van der Waals surface area contributed by atoms with Crippen LogP contribution in [-0.2, 0) is 9.39 Å². The van der Waals surface area contributed by atoms with E-state index in [0.29, 0.717) is 5.88 Å². The lowest BCUT2D eigenvalue weighted by atomic mass is 9.59. The Balaban J connectivity index is 2.21. The predicted octanol–water partition coefficient (Wildman–Crippen LogP) is 7.21. The van der Waals surface area contributed by atoms with E-state index in [0.717, 1.165) is 63.1 Å². The van der Waals surface area contributed by atoms with Crippen molar-refractivity contribution in [2.75, 3.05) is 0 Å². The molecule has 0 unspecified atom stereocenters. The van der Waals surface area contributed by atoms with Gasteiger partial charge in [-0.2, -0.15) is 0 Å². The summed E-state index contributed by atoms with van der Waals surface area (Å²) < 4.78 is 12.3. The fraction of sp³-hybridized carbons (Fsp3) is 0.625. The molecule has 2 atom stereocenters. The Morgan fingerprint density at radius 1 is 1.07 bits per heavy atom. The van der Waals surface area contributed by atoms with Crippen molar-refractivity contribution in [2.24, 2.45) is 0 Å². The number of hydrogen-bond acceptors (Lipinski definition) is 3. The first-order valence-electron chi connectivity index (χ1n) is 11.5. The Hall–Kier alpha value is -1.91. The Labute approximate surface area is 177 Å². The van der Waals surface area contributed by atoms with E-state index in [1.54, 1.807) is 4.90 Å². The molecule has 4 nitrogen and oxygen atoms in total. The molecule has 160 valence electrons. The number of rotatable bonds is 13. The van der Waals surface area contributed by atoms with Crippen molar-refractivity contribution in [3.63, 3.8) is 0 Å². The summed E-state index contributed by atoms with van der Waals surface area (Å²) >= 11 is 0. The highest BCUT2D eigenvalue weighted by atomic mass is 16.6. The van der Waals surface area contributed by atoms with Crippen LogP contribution in [0.4, 0.5) is 4.79 Å². The van der Waals surface area contributed by atoms with Crippen LogP contribution in [0.25, 0.3) is 0 Å². The van der Waals surface area contributed by atoms with E-state index < -0.39 is 0 Å². The molecule has 1 saturated heterocycles. The van der Waals surface area contributed by atoms with Crippen molar-refractivity contribution < 1.29 is 14.2 Å². The van der Waals surface area contributed by atoms with Gasteiger partial charge in [-0.15, -0.1) is 0 Å². The van der Waals surface area contributed by atoms with Crippen LogP contribution in [0.5, 0.6) is 0 Å². The molecule has 1 amide bonds. The minimum atomic E-state index is -0.307. The van der Waals surface area contributed by atoms with Gasteiger partial charge in [0.1, 0.15) is 6.10 Å². The molecule has 1 heterocycles. The molecular formula is C24H38BNO3. The third-order valence-corrected chi connectivity index (χ3v) is 5.56. The maximum atomic E-state index is 12.8. The summed E-state index contributed by atoms with van der Waals surface area (Å²) in [4.78, 5) is 14.6. The molecular weight excluding hydrogens is 361 g/mol. The monoisotopic (exact) mass is 399 g/mol. The molecule has 0 radical (unpaired) electrons. The lowest BCUT2D eigenvalue weighted by molar-refractivity contribution is 0.129. The highest BCUT2D eigenvalue weighted by Crippen LogP contribution is 2.35. The highest BCUT2D eigenvalue weighted by Gasteiger charge is 2.42. The van der Waals surface area contributed by atoms with Gasteiger partial charge in [-0.1, -0.05) is 83.2 Å². The summed E-state index contributed by atoms with van der Waals surface area (Å²) in [5.41, 5.74) is 1.03. The number of carbonyl (C=O) groups is 1. The van der Waals surface area contributed by atoms with Gasteiger partial charge in [0.05, 0.1) is 6.04 Å². The number of unbranched alkanes of at least 4 members (excludes halogenated alkanes) is 4. The van der Waals surface area contributed by atoms with Gasteiger partial charge in [0.25, 0.3) is 0 Å². The van der Waals surface area contributed by atoms with Crippen molar-refractivity contribution in [2.45, 2.75) is 97.4 Å². The summed E-state index contributed by atoms with van der Waals surface area (Å²) in [6, 6.07) is 9.89. The van der Waals surface area contributed by atoms with E-state index >= 15 is 0 Å². The van der Waals surface area contributed by atoms with Gasteiger partial charge in [0.15, 0.2) is 5.88 Å². The van der Waals surface area contributed by atoms with Crippen LogP contribution < -0.4 is 0 Å². The molecule has 1 fully saturated rings. The lowest BCUT2D eigenvalue weighted by Crippen LogP contribution is -2.35. The van der Waals surface area contributed by atoms with E-state index in [1.165, 1.54) is 0 Å². The molecule has 0 aromatic heterocycles. The highest BCUT2D eigenvalue weighted by molar-refractivity contribution is 6.52. The number of amides is 1. The Bertz CT molecular complexity index is 626. The maximum absolute atomic E-state index is 12.8. The molecule has 0 bridgehead atoms. The summed E-state index contributed by atoms with van der Waals surface area (Å²) in [5.74, 6) is 0.687. The van der Waals surface area contributed by atoms with E-state index in [1.807, 2.05) is 37.3 Å². The summed E-state index contributed by atoms with van der Waals surface area (Å²) in [7, 11) is 0. The average Bonchev–Trinajstić information content (AvgIpc) is 3.03. The van der Waals surface area contributed by atoms with Crippen LogP contribution in [0.15, 0.2) is 42.3 Å². The molecule has 1 aromatic carbocycles. The fourth-order valence-corrected chi connectivity index (χ4v) is 3.77. The molecule has 0 spiro atoms. The van der Waals surface area contributed by atoms with Crippen LogP contribution in [0.3, 0.4) is 0 Å². The SMILES string of the molecule is CCCC/C=C(\OB(CCCC)CCCC)N1C(=O)O[C@H](c2ccccc2)[C@@H]1C. The molecule has 1 aliphatic heterocycles. The van der Waals surface area contributed by atoms with Crippen molar-refractivity contribution in [3.8, 4) is 0 Å². The topological polar surface area (TPSA) is 38.8 Å². The lowest BCUT2D eigenvalue weighted by Gasteiger charge is -2.27. The maximum Gasteiger partial charge on any atom is 0.417 e. The standard InChI is InChI=1S/C24H38BNO3/c1-5-8-12-17-22(29-25(18-9-6-2)19-10-7-3)26-20(4)23(28-24(26)27)21-15-13-11-14-16-21/h11,13-17,20,23H,5-10,12,18-19H2,1-4H3/b22-17-/t20-,23-/m0/s1. The number of benzene rings is 1. The minimum Gasteiger partial charge on any atom is -0.549 e. The van der Waals surface area contributed by atoms with Crippen molar-refractivity contribution in [3.05, 3.63) is 47.9 Å². The van der Waals surface area contributed by atoms with Crippen LogP contribution in [0.2, 0.25) is 12.6 Å². The molecule has 0 saturated carbocycles. The smallest absolute Gasteiger partial charge is 0.417 e. The van der Waals surface area contributed by atoms with Crippen LogP contribution >= 0.6 is 0 Å². The van der Waals surface area contributed by atoms with Gasteiger partial charge in [0.2, 0.25) is 0 Å². The van der Waals surface area contributed by atoms with Crippen molar-refractivity contribution >= 4 is 13.0 Å². The van der Waals surface area contributed by atoms with Gasteiger partial charge in [0, 0.05) is 0 Å². The second-order valence-corrected chi connectivity index (χ2v) is 8.03. The van der Waals surface area contributed by atoms with Gasteiger partial charge >= 0.3 is 13.0 Å². The number of allylic oxidation sites excluding steroid dienone is 1. The quantitative estimate of drug-likeness (QED) is 0.200. The predicted molar refractivity (Wildman–Crippen MR) is 121 cm³/mol. The van der Waals surface area contributed by atoms with Crippen LogP contribution in [0, 0.1) is 0 Å². The second kappa shape index (κ2) is 12.6. The molecule has 0 N–H and O–H groups in total. The number of nitrogens with zero attached hydrogens (tertiary/aromatic N) is 1. The third kappa shape index (κ3) is 6.83. The van der Waals surface area contributed by atoms with Gasteiger partial charge < -0.3 is 9.39 Å². The van der Waals surface area contributed by atoms with Gasteiger partial charge in [-0.3, -0.25) is 0 Å². The Kier molecular flexibility index (Phi) is 10.2.